The van der Waals surface area contributed by atoms with E-state index >= 15 is 0 Å². The summed E-state index contributed by atoms with van der Waals surface area (Å²) in [6, 6.07) is 13.0. The number of para-hydroxylation sites is 1. The Morgan fingerprint density at radius 1 is 1.10 bits per heavy atom. The first-order chi connectivity index (χ1) is 19.5. The zero-order chi connectivity index (χ0) is 29.7. The Labute approximate surface area is 243 Å². The summed E-state index contributed by atoms with van der Waals surface area (Å²) in [7, 11) is -4.13. The van der Waals surface area contributed by atoms with Crippen LogP contribution in [0.25, 0.3) is 21.9 Å². The SMILES string of the molecule is CCOCc1nc2c(N)nc3ccccc3c2n1C[C@H](C)O[P@](=O)(N[C@@H](C)C(=O)OC(C)C)Oc1ccc(Cl)cc1. The van der Waals surface area contributed by atoms with Gasteiger partial charge in [0.25, 0.3) is 0 Å². The van der Waals surface area contributed by atoms with Gasteiger partial charge >= 0.3 is 13.7 Å². The van der Waals surface area contributed by atoms with Crippen LogP contribution in [0.3, 0.4) is 0 Å². The molecule has 0 saturated heterocycles. The molecule has 0 aliphatic rings. The van der Waals surface area contributed by atoms with Crippen LogP contribution >= 0.6 is 19.3 Å². The fourth-order valence-corrected chi connectivity index (χ4v) is 6.07. The average molecular weight is 604 g/mol. The summed E-state index contributed by atoms with van der Waals surface area (Å²) in [5.74, 6) is 0.555. The number of nitrogen functional groups attached to an aromatic ring is 1. The van der Waals surface area contributed by atoms with Crippen molar-refractivity contribution in [1.82, 2.24) is 19.6 Å². The summed E-state index contributed by atoms with van der Waals surface area (Å²) < 4.78 is 38.9. The van der Waals surface area contributed by atoms with Crippen molar-refractivity contribution in [3.63, 3.8) is 0 Å². The number of ether oxygens (including phenoxy) is 2. The van der Waals surface area contributed by atoms with Gasteiger partial charge in [0, 0.05) is 17.0 Å². The van der Waals surface area contributed by atoms with Crippen molar-refractivity contribution in [3.8, 4) is 5.75 Å². The molecule has 0 spiro atoms. The van der Waals surface area contributed by atoms with E-state index in [1.807, 2.05) is 35.8 Å². The first-order valence-corrected chi connectivity index (χ1v) is 15.2. The summed E-state index contributed by atoms with van der Waals surface area (Å²) in [6.07, 6.45) is -1.04. The molecule has 2 heterocycles. The number of esters is 1. The van der Waals surface area contributed by atoms with Gasteiger partial charge < -0.3 is 24.3 Å². The molecular formula is C28H35ClN5O6P. The average Bonchev–Trinajstić information content (AvgIpc) is 3.26. The minimum atomic E-state index is -4.13. The highest BCUT2D eigenvalue weighted by molar-refractivity contribution is 7.52. The highest BCUT2D eigenvalue weighted by Crippen LogP contribution is 2.46. The normalized spacial score (nSPS) is 14.7. The van der Waals surface area contributed by atoms with Crippen LogP contribution in [0.1, 0.15) is 40.4 Å². The Morgan fingerprint density at radius 2 is 1.80 bits per heavy atom. The molecule has 0 aliphatic heterocycles. The first-order valence-electron chi connectivity index (χ1n) is 13.3. The Bertz CT molecular complexity index is 1560. The molecule has 220 valence electrons. The molecule has 0 saturated carbocycles. The third-order valence-corrected chi connectivity index (χ3v) is 8.02. The number of nitrogens with two attached hydrogens (primary N) is 1. The van der Waals surface area contributed by atoms with Gasteiger partial charge in [-0.15, -0.1) is 0 Å². The van der Waals surface area contributed by atoms with Gasteiger partial charge in [-0.3, -0.25) is 9.32 Å². The van der Waals surface area contributed by atoms with E-state index in [1.54, 1.807) is 45.0 Å². The van der Waals surface area contributed by atoms with Crippen LogP contribution in [0.5, 0.6) is 5.75 Å². The summed E-state index contributed by atoms with van der Waals surface area (Å²) in [4.78, 5) is 21.8. The van der Waals surface area contributed by atoms with Gasteiger partial charge in [-0.05, 0) is 65.0 Å². The number of hydrogen-bond acceptors (Lipinski definition) is 9. The molecule has 3 N–H and O–H groups in total. The molecule has 0 aliphatic carbocycles. The lowest BCUT2D eigenvalue weighted by atomic mass is 10.2. The van der Waals surface area contributed by atoms with E-state index in [0.717, 1.165) is 10.9 Å². The molecule has 0 radical (unpaired) electrons. The molecule has 3 atom stereocenters. The van der Waals surface area contributed by atoms with Crippen LogP contribution in [0.2, 0.25) is 5.02 Å². The molecule has 0 fully saturated rings. The summed E-state index contributed by atoms with van der Waals surface area (Å²) in [5.41, 5.74) is 8.30. The van der Waals surface area contributed by atoms with E-state index in [4.69, 9.17) is 40.8 Å². The number of hydrogen-bond donors (Lipinski definition) is 2. The van der Waals surface area contributed by atoms with Gasteiger partial charge in [0.1, 0.15) is 29.7 Å². The monoisotopic (exact) mass is 603 g/mol. The number of carbonyl (C=O) groups is 1. The molecule has 13 heteroatoms. The second-order valence-electron chi connectivity index (χ2n) is 9.78. The Balaban J connectivity index is 1.68. The molecule has 4 rings (SSSR count). The number of fused-ring (bicyclic) bond motifs is 3. The maximum absolute atomic E-state index is 14.1. The lowest BCUT2D eigenvalue weighted by Crippen LogP contribution is -2.37. The molecule has 41 heavy (non-hydrogen) atoms. The lowest BCUT2D eigenvalue weighted by molar-refractivity contribution is -0.149. The number of aromatic nitrogens is 3. The molecule has 0 amide bonds. The van der Waals surface area contributed by atoms with E-state index < -0.39 is 25.9 Å². The van der Waals surface area contributed by atoms with Crippen molar-refractivity contribution < 1.29 is 27.9 Å². The molecular weight excluding hydrogens is 569 g/mol. The third-order valence-electron chi connectivity index (χ3n) is 5.98. The second kappa shape index (κ2) is 13.2. The summed E-state index contributed by atoms with van der Waals surface area (Å²) in [6.45, 7) is 9.56. The number of carbonyl (C=O) groups excluding carboxylic acids is 1. The van der Waals surface area contributed by atoms with Crippen molar-refractivity contribution >= 4 is 53.1 Å². The number of anilines is 1. The highest BCUT2D eigenvalue weighted by Gasteiger charge is 2.35. The summed E-state index contributed by atoms with van der Waals surface area (Å²) in [5, 5.41) is 4.06. The fraction of sp³-hybridized carbons (Fsp3) is 0.393. The van der Waals surface area contributed by atoms with Crippen molar-refractivity contribution in [2.45, 2.75) is 66.0 Å². The van der Waals surface area contributed by atoms with Gasteiger partial charge in [0.2, 0.25) is 0 Å². The highest BCUT2D eigenvalue weighted by atomic mass is 35.5. The fourth-order valence-electron chi connectivity index (χ4n) is 4.27. The molecule has 0 unspecified atom stereocenters. The van der Waals surface area contributed by atoms with Gasteiger partial charge in [-0.2, -0.15) is 5.09 Å². The van der Waals surface area contributed by atoms with E-state index in [1.165, 1.54) is 6.92 Å². The number of imidazole rings is 1. The largest absolute Gasteiger partial charge is 0.462 e. The van der Waals surface area contributed by atoms with Crippen LogP contribution in [-0.4, -0.2) is 45.4 Å². The zero-order valence-corrected chi connectivity index (χ0v) is 25.3. The standard InChI is InChI=1S/C28H35ClN5O6P/c1-6-37-16-24-32-25-26(22-9-7-8-10-23(22)31-27(25)30)34(24)15-18(4)39-41(36,33-19(5)28(35)38-17(2)3)40-21-13-11-20(29)12-14-21/h7-14,17-19H,6,15-16H2,1-5H3,(H2,30,31)(H,33,36)/t18-,19-,41+/m0/s1. The number of rotatable bonds is 13. The first kappa shape index (κ1) is 30.7. The zero-order valence-electron chi connectivity index (χ0n) is 23.7. The maximum Gasteiger partial charge on any atom is 0.459 e. The van der Waals surface area contributed by atoms with Crippen LogP contribution in [0, 0.1) is 0 Å². The topological polar surface area (TPSA) is 140 Å². The quantitative estimate of drug-likeness (QED) is 0.141. The van der Waals surface area contributed by atoms with Crippen LogP contribution < -0.4 is 15.3 Å². The third kappa shape index (κ3) is 7.55. The molecule has 4 aromatic rings. The predicted octanol–water partition coefficient (Wildman–Crippen LogP) is 5.88. The van der Waals surface area contributed by atoms with Crippen molar-refractivity contribution in [2.75, 3.05) is 12.3 Å². The second-order valence-corrected chi connectivity index (χ2v) is 11.9. The number of nitrogens with zero attached hydrogens (tertiary/aromatic N) is 3. The number of nitrogens with one attached hydrogen (secondary N) is 1. The number of pyridine rings is 1. The van der Waals surface area contributed by atoms with Crippen molar-refractivity contribution in [3.05, 3.63) is 59.4 Å². The molecule has 2 aromatic heterocycles. The van der Waals surface area contributed by atoms with E-state index in [9.17, 15) is 9.36 Å². The molecule has 11 nitrogen and oxygen atoms in total. The van der Waals surface area contributed by atoms with E-state index in [0.29, 0.717) is 34.3 Å². The minimum Gasteiger partial charge on any atom is -0.462 e. The predicted molar refractivity (Wildman–Crippen MR) is 159 cm³/mol. The van der Waals surface area contributed by atoms with E-state index in [2.05, 4.69) is 10.1 Å². The van der Waals surface area contributed by atoms with Gasteiger partial charge in [-0.25, -0.2) is 14.5 Å². The van der Waals surface area contributed by atoms with Crippen LogP contribution in [0.15, 0.2) is 48.5 Å². The Kier molecular flexibility index (Phi) is 9.88. The van der Waals surface area contributed by atoms with Gasteiger partial charge in [0.15, 0.2) is 5.82 Å². The summed E-state index contributed by atoms with van der Waals surface area (Å²) >= 11 is 6.01. The Morgan fingerprint density at radius 3 is 2.49 bits per heavy atom. The lowest BCUT2D eigenvalue weighted by Gasteiger charge is -2.26. The van der Waals surface area contributed by atoms with Gasteiger partial charge in [0.05, 0.1) is 29.8 Å². The molecule has 2 aromatic carbocycles. The van der Waals surface area contributed by atoms with Crippen LogP contribution in [-0.2, 0) is 36.5 Å². The van der Waals surface area contributed by atoms with Crippen LogP contribution in [0.4, 0.5) is 5.82 Å². The maximum atomic E-state index is 14.1. The number of halogens is 1. The van der Waals surface area contributed by atoms with Gasteiger partial charge in [-0.1, -0.05) is 29.8 Å². The van der Waals surface area contributed by atoms with E-state index in [-0.39, 0.29) is 25.0 Å². The smallest absolute Gasteiger partial charge is 0.459 e. The Hall–Kier alpha value is -3.21. The number of benzene rings is 2. The van der Waals surface area contributed by atoms with Crippen molar-refractivity contribution in [2.24, 2.45) is 0 Å². The molecule has 0 bridgehead atoms. The van der Waals surface area contributed by atoms with Crippen molar-refractivity contribution in [1.29, 1.82) is 0 Å². The minimum absolute atomic E-state index is 0.215.